The molecular weight excluding hydrogens is 378 g/mol. The van der Waals surface area contributed by atoms with Gasteiger partial charge in [0.05, 0.1) is 10.8 Å². The Morgan fingerprint density at radius 2 is 1.62 bits per heavy atom. The molecule has 0 radical (unpaired) electrons. The van der Waals surface area contributed by atoms with E-state index in [-0.39, 0.29) is 11.2 Å². The number of benzene rings is 2. The van der Waals surface area contributed by atoms with Gasteiger partial charge in [0, 0.05) is 49.0 Å². The Balaban J connectivity index is 1.58. The molecule has 0 bridgehead atoms. The SMILES string of the molecule is CN1CCN(Cc2ccc3n2C(=O)c2ccccc2SC3c2ccccc2)CC1. The van der Waals surface area contributed by atoms with Gasteiger partial charge in [0.15, 0.2) is 0 Å². The zero-order valence-corrected chi connectivity index (χ0v) is 17.4. The predicted molar refractivity (Wildman–Crippen MR) is 118 cm³/mol. The number of thioether (sulfide) groups is 1. The maximum Gasteiger partial charge on any atom is 0.263 e. The first-order chi connectivity index (χ1) is 14.2. The second-order valence-electron chi connectivity index (χ2n) is 7.87. The minimum Gasteiger partial charge on any atom is -0.304 e. The summed E-state index contributed by atoms with van der Waals surface area (Å²) in [5.74, 6) is 0.0932. The molecule has 1 fully saturated rings. The molecule has 0 spiro atoms. The van der Waals surface area contributed by atoms with Crippen LogP contribution in [0, 0.1) is 0 Å². The van der Waals surface area contributed by atoms with Gasteiger partial charge in [-0.15, -0.1) is 11.8 Å². The summed E-state index contributed by atoms with van der Waals surface area (Å²) in [6.07, 6.45) is 0. The molecule has 2 aromatic carbocycles. The van der Waals surface area contributed by atoms with E-state index in [0.29, 0.717) is 0 Å². The minimum absolute atomic E-state index is 0.0932. The fraction of sp³-hybridized carbons (Fsp3) is 0.292. The van der Waals surface area contributed by atoms with Gasteiger partial charge in [0.1, 0.15) is 0 Å². The molecule has 29 heavy (non-hydrogen) atoms. The third kappa shape index (κ3) is 3.54. The molecule has 3 heterocycles. The van der Waals surface area contributed by atoms with Crippen molar-refractivity contribution < 1.29 is 4.79 Å². The third-order valence-electron chi connectivity index (χ3n) is 5.91. The minimum atomic E-state index is 0.0932. The highest BCUT2D eigenvalue weighted by Crippen LogP contribution is 2.45. The van der Waals surface area contributed by atoms with Gasteiger partial charge in [-0.1, -0.05) is 42.5 Å². The largest absolute Gasteiger partial charge is 0.304 e. The van der Waals surface area contributed by atoms with Crippen molar-refractivity contribution in [2.24, 2.45) is 0 Å². The van der Waals surface area contributed by atoms with Crippen molar-refractivity contribution in [2.75, 3.05) is 33.2 Å². The van der Waals surface area contributed by atoms with Gasteiger partial charge in [0.2, 0.25) is 0 Å². The van der Waals surface area contributed by atoms with Crippen LogP contribution in [0.2, 0.25) is 0 Å². The van der Waals surface area contributed by atoms with Crippen LogP contribution in [-0.4, -0.2) is 53.5 Å². The highest BCUT2D eigenvalue weighted by molar-refractivity contribution is 7.99. The lowest BCUT2D eigenvalue weighted by atomic mass is 10.1. The number of fused-ring (bicyclic) bond motifs is 2. The lowest BCUT2D eigenvalue weighted by molar-refractivity contribution is 0.0943. The molecule has 1 aromatic heterocycles. The summed E-state index contributed by atoms with van der Waals surface area (Å²) in [5.41, 5.74) is 4.19. The van der Waals surface area contributed by atoms with E-state index in [1.807, 2.05) is 28.8 Å². The summed E-state index contributed by atoms with van der Waals surface area (Å²) in [6.45, 7) is 5.05. The number of nitrogens with zero attached hydrogens (tertiary/aromatic N) is 3. The van der Waals surface area contributed by atoms with Crippen molar-refractivity contribution in [1.82, 2.24) is 14.4 Å². The van der Waals surface area contributed by atoms with Crippen LogP contribution in [0.1, 0.15) is 32.6 Å². The highest BCUT2D eigenvalue weighted by Gasteiger charge is 2.31. The van der Waals surface area contributed by atoms with E-state index in [1.54, 1.807) is 11.8 Å². The van der Waals surface area contributed by atoms with Gasteiger partial charge in [-0.25, -0.2) is 0 Å². The van der Waals surface area contributed by atoms with Crippen molar-refractivity contribution >= 4 is 17.7 Å². The Hall–Kier alpha value is -2.34. The standard InChI is InChI=1S/C24H25N3OS/c1-25-13-15-26(16-14-25)17-19-11-12-21-23(18-7-3-2-4-8-18)29-22-10-6-5-9-20(22)24(28)27(19)21/h2-12,23H,13-17H2,1H3. The van der Waals surface area contributed by atoms with Crippen LogP contribution in [0.25, 0.3) is 0 Å². The Bertz CT molecular complexity index is 1020. The van der Waals surface area contributed by atoms with Gasteiger partial charge < -0.3 is 4.90 Å². The van der Waals surface area contributed by atoms with Crippen molar-refractivity contribution in [3.8, 4) is 0 Å². The molecule has 148 valence electrons. The van der Waals surface area contributed by atoms with E-state index in [0.717, 1.165) is 54.6 Å². The van der Waals surface area contributed by atoms with E-state index in [1.165, 1.54) is 5.56 Å². The predicted octanol–water partition coefficient (Wildman–Crippen LogP) is 4.12. The fourth-order valence-electron chi connectivity index (χ4n) is 4.23. The number of rotatable bonds is 3. The molecular formula is C24H25N3OS. The number of hydrogen-bond donors (Lipinski definition) is 0. The normalized spacial score (nSPS) is 20.2. The lowest BCUT2D eigenvalue weighted by Crippen LogP contribution is -2.44. The van der Waals surface area contributed by atoms with Crippen molar-refractivity contribution in [2.45, 2.75) is 16.7 Å². The molecule has 5 heteroatoms. The maximum absolute atomic E-state index is 13.6. The molecule has 4 nitrogen and oxygen atoms in total. The fourth-order valence-corrected chi connectivity index (χ4v) is 5.52. The molecule has 1 unspecified atom stereocenters. The van der Waals surface area contributed by atoms with Crippen LogP contribution in [0.3, 0.4) is 0 Å². The van der Waals surface area contributed by atoms with Gasteiger partial charge in [-0.05, 0) is 36.9 Å². The van der Waals surface area contributed by atoms with E-state index >= 15 is 0 Å². The van der Waals surface area contributed by atoms with Crippen LogP contribution >= 0.6 is 11.8 Å². The summed E-state index contributed by atoms with van der Waals surface area (Å²) in [5, 5.41) is 0.102. The molecule has 1 saturated heterocycles. The highest BCUT2D eigenvalue weighted by atomic mass is 32.2. The van der Waals surface area contributed by atoms with Crippen LogP contribution in [-0.2, 0) is 6.54 Å². The first-order valence-corrected chi connectivity index (χ1v) is 11.1. The molecule has 2 aliphatic rings. The summed E-state index contributed by atoms with van der Waals surface area (Å²) in [7, 11) is 2.17. The summed E-state index contributed by atoms with van der Waals surface area (Å²) < 4.78 is 1.98. The number of hydrogen-bond acceptors (Lipinski definition) is 4. The maximum atomic E-state index is 13.6. The number of carbonyl (C=O) groups is 1. The third-order valence-corrected chi connectivity index (χ3v) is 7.27. The zero-order valence-electron chi connectivity index (χ0n) is 16.6. The van der Waals surface area contributed by atoms with Gasteiger partial charge >= 0.3 is 0 Å². The average molecular weight is 404 g/mol. The van der Waals surface area contributed by atoms with Gasteiger partial charge in [-0.2, -0.15) is 0 Å². The Morgan fingerprint density at radius 1 is 0.897 bits per heavy atom. The smallest absolute Gasteiger partial charge is 0.263 e. The van der Waals surface area contributed by atoms with Gasteiger partial charge in [-0.3, -0.25) is 14.3 Å². The quantitative estimate of drug-likeness (QED) is 0.658. The van der Waals surface area contributed by atoms with Crippen LogP contribution in [0.4, 0.5) is 0 Å². The van der Waals surface area contributed by atoms with E-state index < -0.39 is 0 Å². The topological polar surface area (TPSA) is 28.5 Å². The van der Waals surface area contributed by atoms with Crippen molar-refractivity contribution in [3.63, 3.8) is 0 Å². The van der Waals surface area contributed by atoms with Crippen LogP contribution < -0.4 is 0 Å². The molecule has 0 N–H and O–H groups in total. The number of likely N-dealkylation sites (N-methyl/N-ethyl adjacent to an activating group) is 1. The average Bonchev–Trinajstić information content (AvgIpc) is 3.12. The van der Waals surface area contributed by atoms with E-state index in [9.17, 15) is 4.79 Å². The van der Waals surface area contributed by atoms with E-state index in [2.05, 4.69) is 59.3 Å². The molecule has 0 aliphatic carbocycles. The lowest BCUT2D eigenvalue weighted by Gasteiger charge is -2.32. The van der Waals surface area contributed by atoms with Crippen LogP contribution in [0.5, 0.6) is 0 Å². The molecule has 0 amide bonds. The van der Waals surface area contributed by atoms with Gasteiger partial charge in [0.25, 0.3) is 5.91 Å². The first-order valence-electron chi connectivity index (χ1n) is 10.2. The summed E-state index contributed by atoms with van der Waals surface area (Å²) >= 11 is 1.78. The Kier molecular flexibility index (Phi) is 5.04. The van der Waals surface area contributed by atoms with Crippen molar-refractivity contribution in [1.29, 1.82) is 0 Å². The Morgan fingerprint density at radius 3 is 2.41 bits per heavy atom. The molecule has 3 aromatic rings. The first kappa shape index (κ1) is 18.7. The monoisotopic (exact) mass is 403 g/mol. The van der Waals surface area contributed by atoms with E-state index in [4.69, 9.17) is 0 Å². The molecule has 2 aliphatic heterocycles. The van der Waals surface area contributed by atoms with Crippen molar-refractivity contribution in [3.05, 3.63) is 89.2 Å². The molecule has 1 atom stereocenters. The Labute approximate surface area is 176 Å². The molecule has 5 rings (SSSR count). The summed E-state index contributed by atoms with van der Waals surface area (Å²) in [6, 6.07) is 22.8. The second kappa shape index (κ2) is 7.82. The summed E-state index contributed by atoms with van der Waals surface area (Å²) in [4.78, 5) is 19.5. The van der Waals surface area contributed by atoms with Crippen LogP contribution in [0.15, 0.2) is 71.6 Å². The molecule has 0 saturated carbocycles. The number of piperazine rings is 1. The second-order valence-corrected chi connectivity index (χ2v) is 9.02. The number of carbonyl (C=O) groups excluding carboxylic acids is 1. The zero-order chi connectivity index (χ0) is 19.8. The number of aromatic nitrogens is 1.